The van der Waals surface area contributed by atoms with Crippen LogP contribution >= 0.6 is 24.2 Å². The molecule has 0 saturated heterocycles. The van der Waals surface area contributed by atoms with Crippen LogP contribution in [0.25, 0.3) is 0 Å². The van der Waals surface area contributed by atoms with E-state index in [2.05, 4.69) is 12.6 Å². The number of rotatable bonds is 5. The molecule has 0 bridgehead atoms. The summed E-state index contributed by atoms with van der Waals surface area (Å²) in [5.41, 5.74) is 1.27. The third-order valence-electron chi connectivity index (χ3n) is 2.22. The number of aliphatic hydroxyl groups is 1. The Labute approximate surface area is 104 Å². The number of alkyl halides is 1. The lowest BCUT2D eigenvalue weighted by atomic mass is 10.0. The lowest BCUT2D eigenvalue weighted by Gasteiger charge is -2.10. The fourth-order valence-corrected chi connectivity index (χ4v) is 1.78. The topological polar surface area (TPSA) is 57.5 Å². The van der Waals surface area contributed by atoms with Gasteiger partial charge in [0.05, 0.1) is 0 Å². The number of thiol groups is 1. The Balaban J connectivity index is 2.94. The smallest absolute Gasteiger partial charge is 0.337 e. The number of carboxylic acids is 1. The molecule has 0 amide bonds. The van der Waals surface area contributed by atoms with Crippen molar-refractivity contribution in [2.24, 2.45) is 0 Å². The minimum atomic E-state index is -1.52. The van der Waals surface area contributed by atoms with Crippen molar-refractivity contribution in [1.29, 1.82) is 0 Å². The van der Waals surface area contributed by atoms with Crippen molar-refractivity contribution in [1.82, 2.24) is 0 Å². The lowest BCUT2D eigenvalue weighted by Crippen LogP contribution is -2.11. The number of aliphatic carboxylic acids is 1. The molecule has 0 heterocycles. The van der Waals surface area contributed by atoms with Gasteiger partial charge in [0.15, 0.2) is 6.10 Å². The molecule has 1 aromatic rings. The second kappa shape index (κ2) is 6.13. The van der Waals surface area contributed by atoms with E-state index in [1.54, 1.807) is 12.1 Å². The molecule has 0 spiro atoms. The zero-order valence-electron chi connectivity index (χ0n) is 8.56. The van der Waals surface area contributed by atoms with E-state index in [-0.39, 0.29) is 0 Å². The molecule has 0 aliphatic rings. The maximum Gasteiger partial charge on any atom is 0.337 e. The zero-order valence-corrected chi connectivity index (χ0v) is 10.2. The molecule has 0 radical (unpaired) electrons. The van der Waals surface area contributed by atoms with Crippen LogP contribution in [0.1, 0.15) is 23.7 Å². The van der Waals surface area contributed by atoms with E-state index in [1.807, 2.05) is 6.07 Å². The molecule has 0 fully saturated rings. The first-order valence-electron chi connectivity index (χ1n) is 4.85. The molecule has 2 N–H and O–H groups in total. The molecular formula is C11H13ClO3S. The Bertz CT molecular complexity index is 381. The van der Waals surface area contributed by atoms with Crippen molar-refractivity contribution in [2.75, 3.05) is 5.88 Å². The monoisotopic (exact) mass is 260 g/mol. The van der Waals surface area contributed by atoms with Gasteiger partial charge in [-0.3, -0.25) is 0 Å². The predicted molar refractivity (Wildman–Crippen MR) is 65.3 cm³/mol. The van der Waals surface area contributed by atoms with Crippen molar-refractivity contribution < 1.29 is 15.0 Å². The van der Waals surface area contributed by atoms with Gasteiger partial charge in [-0.05, 0) is 24.5 Å². The van der Waals surface area contributed by atoms with Gasteiger partial charge < -0.3 is 10.2 Å². The summed E-state index contributed by atoms with van der Waals surface area (Å²) in [6.45, 7) is 0. The van der Waals surface area contributed by atoms with Crippen LogP contribution in [0.4, 0.5) is 0 Å². The Morgan fingerprint density at radius 2 is 2.19 bits per heavy atom. The standard InChI is InChI=1S/C11H13ClO3S/c12-5-1-2-7-3-4-9(16)8(6-7)10(13)11(14)15/h3-4,6,10,13,16H,1-2,5H2,(H,14,15). The van der Waals surface area contributed by atoms with E-state index in [0.717, 1.165) is 18.4 Å². The van der Waals surface area contributed by atoms with Crippen LogP contribution < -0.4 is 0 Å². The van der Waals surface area contributed by atoms with E-state index in [9.17, 15) is 9.90 Å². The van der Waals surface area contributed by atoms with Crippen LogP contribution in [0.2, 0.25) is 0 Å². The van der Waals surface area contributed by atoms with Crippen molar-refractivity contribution in [2.45, 2.75) is 23.8 Å². The molecule has 1 aromatic carbocycles. The first-order valence-corrected chi connectivity index (χ1v) is 5.83. The summed E-state index contributed by atoms with van der Waals surface area (Å²) in [6, 6.07) is 5.20. The Kier molecular flexibility index (Phi) is 5.12. The largest absolute Gasteiger partial charge is 0.479 e. The summed E-state index contributed by atoms with van der Waals surface area (Å²) in [5.74, 6) is -0.718. The van der Waals surface area contributed by atoms with Crippen LogP contribution in [-0.2, 0) is 11.2 Å². The van der Waals surface area contributed by atoms with Crippen LogP contribution in [-0.4, -0.2) is 22.1 Å². The molecule has 88 valence electrons. The molecule has 1 unspecified atom stereocenters. The van der Waals surface area contributed by atoms with Gasteiger partial charge in [-0.1, -0.05) is 12.1 Å². The number of hydrogen-bond acceptors (Lipinski definition) is 3. The highest BCUT2D eigenvalue weighted by Gasteiger charge is 2.18. The molecule has 0 aliphatic heterocycles. The molecule has 0 aliphatic carbocycles. The number of aliphatic hydroxyl groups excluding tert-OH is 1. The van der Waals surface area contributed by atoms with Gasteiger partial charge in [0.1, 0.15) is 0 Å². The van der Waals surface area contributed by atoms with Crippen LogP contribution in [0.3, 0.4) is 0 Å². The highest BCUT2D eigenvalue weighted by Crippen LogP contribution is 2.23. The first-order chi connectivity index (χ1) is 7.56. The number of carboxylic acid groups (broad SMARTS) is 1. The summed E-state index contributed by atoms with van der Waals surface area (Å²) in [6.07, 6.45) is 0.0518. The molecule has 0 saturated carbocycles. The van der Waals surface area contributed by atoms with Crippen LogP contribution in [0, 0.1) is 0 Å². The number of benzene rings is 1. The first kappa shape index (κ1) is 13.4. The van der Waals surface area contributed by atoms with Gasteiger partial charge >= 0.3 is 5.97 Å². The minimum absolute atomic E-state index is 0.322. The number of hydrogen-bond donors (Lipinski definition) is 3. The third-order valence-corrected chi connectivity index (χ3v) is 2.89. The maximum absolute atomic E-state index is 10.7. The fraction of sp³-hybridized carbons (Fsp3) is 0.364. The quantitative estimate of drug-likeness (QED) is 0.562. The minimum Gasteiger partial charge on any atom is -0.479 e. The summed E-state index contributed by atoms with van der Waals surface area (Å²) in [4.78, 5) is 11.1. The summed E-state index contributed by atoms with van der Waals surface area (Å²) in [5, 5.41) is 18.2. The summed E-state index contributed by atoms with van der Waals surface area (Å²) in [7, 11) is 0. The predicted octanol–water partition coefficient (Wildman–Crippen LogP) is 2.26. The average Bonchev–Trinajstić information content (AvgIpc) is 2.27. The van der Waals surface area contributed by atoms with Gasteiger partial charge in [0.2, 0.25) is 0 Å². The van der Waals surface area contributed by atoms with Gasteiger partial charge in [-0.2, -0.15) is 0 Å². The molecular weight excluding hydrogens is 248 g/mol. The normalized spacial score (nSPS) is 12.4. The van der Waals surface area contributed by atoms with Gasteiger partial charge in [-0.15, -0.1) is 24.2 Å². The maximum atomic E-state index is 10.7. The van der Waals surface area contributed by atoms with E-state index in [4.69, 9.17) is 16.7 Å². The average molecular weight is 261 g/mol. The SMILES string of the molecule is O=C(O)C(O)c1cc(CCCCl)ccc1S. The Morgan fingerprint density at radius 3 is 2.75 bits per heavy atom. The van der Waals surface area contributed by atoms with Gasteiger partial charge in [-0.25, -0.2) is 4.79 Å². The molecule has 1 atom stereocenters. The number of halogens is 1. The lowest BCUT2D eigenvalue weighted by molar-refractivity contribution is -0.147. The van der Waals surface area contributed by atoms with E-state index >= 15 is 0 Å². The second-order valence-corrected chi connectivity index (χ2v) is 4.29. The van der Waals surface area contributed by atoms with E-state index in [1.165, 1.54) is 0 Å². The summed E-state index contributed by atoms with van der Waals surface area (Å²) >= 11 is 9.70. The van der Waals surface area contributed by atoms with Gasteiger partial charge in [0, 0.05) is 16.3 Å². The van der Waals surface area contributed by atoms with Crippen LogP contribution in [0.15, 0.2) is 23.1 Å². The van der Waals surface area contributed by atoms with Crippen molar-refractivity contribution in [3.05, 3.63) is 29.3 Å². The van der Waals surface area contributed by atoms with Crippen molar-refractivity contribution in [3.63, 3.8) is 0 Å². The zero-order chi connectivity index (χ0) is 12.1. The third kappa shape index (κ3) is 3.40. The Hall–Kier alpha value is -0.710. The number of carbonyl (C=O) groups is 1. The van der Waals surface area contributed by atoms with Crippen molar-refractivity contribution >= 4 is 30.2 Å². The summed E-state index contributed by atoms with van der Waals surface area (Å²) < 4.78 is 0. The van der Waals surface area contributed by atoms with E-state index < -0.39 is 12.1 Å². The second-order valence-electron chi connectivity index (χ2n) is 3.43. The fourth-order valence-electron chi connectivity index (χ4n) is 1.38. The van der Waals surface area contributed by atoms with Crippen molar-refractivity contribution in [3.8, 4) is 0 Å². The van der Waals surface area contributed by atoms with E-state index in [0.29, 0.717) is 16.3 Å². The molecule has 5 heteroatoms. The number of aryl methyl sites for hydroxylation is 1. The highest BCUT2D eigenvalue weighted by atomic mass is 35.5. The molecule has 16 heavy (non-hydrogen) atoms. The van der Waals surface area contributed by atoms with Crippen LogP contribution in [0.5, 0.6) is 0 Å². The molecule has 3 nitrogen and oxygen atoms in total. The van der Waals surface area contributed by atoms with Gasteiger partial charge in [0.25, 0.3) is 0 Å². The highest BCUT2D eigenvalue weighted by molar-refractivity contribution is 7.80. The molecule has 0 aromatic heterocycles. The molecule has 1 rings (SSSR count). The Morgan fingerprint density at radius 1 is 1.50 bits per heavy atom.